The molecule has 2 atom stereocenters. The smallest absolute Gasteiger partial charge is 0.0817 e. The molecule has 3 N–H and O–H groups in total. The van der Waals surface area contributed by atoms with Crippen molar-refractivity contribution < 1.29 is 0 Å². The van der Waals surface area contributed by atoms with Gasteiger partial charge in [-0.25, -0.2) is 0 Å². The predicted molar refractivity (Wildman–Crippen MR) is 199 cm³/mol. The Morgan fingerprint density at radius 1 is 0.553 bits per heavy atom. The van der Waals surface area contributed by atoms with Gasteiger partial charge in [-0.3, -0.25) is 5.32 Å². The summed E-state index contributed by atoms with van der Waals surface area (Å²) in [4.78, 5) is 0. The molecule has 2 nitrogen and oxygen atoms in total. The average Bonchev–Trinajstić information content (AvgIpc) is 3.34. The second kappa shape index (κ2) is 11.8. The molecule has 0 spiro atoms. The van der Waals surface area contributed by atoms with Crippen LogP contribution in [0.1, 0.15) is 53.9 Å². The molecule has 0 heterocycles. The van der Waals surface area contributed by atoms with E-state index in [-0.39, 0.29) is 17.6 Å². The Bertz CT molecular complexity index is 2260. The van der Waals surface area contributed by atoms with E-state index in [0.717, 1.165) is 11.1 Å². The fraction of sp³-hybridized carbons (Fsp3) is 0.111. The molecule has 0 fully saturated rings. The second-order valence-corrected chi connectivity index (χ2v) is 13.2. The molecule has 2 heteroatoms. The van der Waals surface area contributed by atoms with E-state index in [2.05, 4.69) is 165 Å². The second-order valence-electron chi connectivity index (χ2n) is 13.2. The first-order chi connectivity index (χ1) is 23.0. The van der Waals surface area contributed by atoms with Crippen LogP contribution in [0.3, 0.4) is 0 Å². The molecule has 228 valence electrons. The largest absolute Gasteiger partial charge is 0.312 e. The molecule has 0 saturated carbocycles. The first-order valence-corrected chi connectivity index (χ1v) is 16.5. The summed E-state index contributed by atoms with van der Waals surface area (Å²) in [5, 5.41) is 8.78. The molecule has 0 aromatic heterocycles. The summed E-state index contributed by atoms with van der Waals surface area (Å²) < 4.78 is 0. The molecule has 47 heavy (non-hydrogen) atoms. The van der Waals surface area contributed by atoms with Gasteiger partial charge in [0.25, 0.3) is 0 Å². The third-order valence-electron chi connectivity index (χ3n) is 9.94. The minimum Gasteiger partial charge on any atom is -0.312 e. The van der Waals surface area contributed by atoms with Gasteiger partial charge in [0, 0.05) is 5.41 Å². The van der Waals surface area contributed by atoms with Crippen LogP contribution in [0.15, 0.2) is 158 Å². The van der Waals surface area contributed by atoms with Crippen LogP contribution >= 0.6 is 0 Å². The molecule has 7 aromatic carbocycles. The Kier molecular flexibility index (Phi) is 7.33. The van der Waals surface area contributed by atoms with Crippen LogP contribution in [0.5, 0.6) is 0 Å². The van der Waals surface area contributed by atoms with Gasteiger partial charge in [-0.05, 0) is 89.8 Å². The molecule has 7 aromatic rings. The van der Waals surface area contributed by atoms with Gasteiger partial charge in [0.05, 0.1) is 12.2 Å². The summed E-state index contributed by atoms with van der Waals surface area (Å²) >= 11 is 0. The maximum Gasteiger partial charge on any atom is 0.0817 e. The molecule has 1 aliphatic rings. The quantitative estimate of drug-likeness (QED) is 0.177. The van der Waals surface area contributed by atoms with Crippen LogP contribution in [-0.2, 0) is 5.41 Å². The van der Waals surface area contributed by atoms with Gasteiger partial charge in [-0.1, -0.05) is 159 Å². The lowest BCUT2D eigenvalue weighted by Crippen LogP contribution is -2.31. The third-order valence-corrected chi connectivity index (χ3v) is 9.94. The highest BCUT2D eigenvalue weighted by molar-refractivity contribution is 5.96. The van der Waals surface area contributed by atoms with Crippen molar-refractivity contribution in [2.45, 2.75) is 31.5 Å². The summed E-state index contributed by atoms with van der Waals surface area (Å²) in [6, 6.07) is 54.4. The maximum absolute atomic E-state index is 6.77. The zero-order valence-electron chi connectivity index (χ0n) is 26.8. The van der Waals surface area contributed by atoms with E-state index in [1.807, 2.05) is 18.2 Å². The predicted octanol–water partition coefficient (Wildman–Crippen LogP) is 11.0. The van der Waals surface area contributed by atoms with Gasteiger partial charge in [0.1, 0.15) is 0 Å². The van der Waals surface area contributed by atoms with Crippen LogP contribution < -0.4 is 11.1 Å². The minimum absolute atomic E-state index is 0.0789. The van der Waals surface area contributed by atoms with Gasteiger partial charge in [-0.15, -0.1) is 0 Å². The van der Waals surface area contributed by atoms with Crippen LogP contribution in [-0.4, -0.2) is 0 Å². The number of nitrogens with one attached hydrogen (secondary N) is 1. The van der Waals surface area contributed by atoms with Crippen molar-refractivity contribution in [3.8, 4) is 22.3 Å². The van der Waals surface area contributed by atoms with E-state index in [9.17, 15) is 0 Å². The van der Waals surface area contributed by atoms with E-state index < -0.39 is 0 Å². The Hall–Kier alpha value is -5.28. The zero-order valence-corrected chi connectivity index (χ0v) is 26.8. The molecule has 1 aliphatic carbocycles. The normalized spacial score (nSPS) is 14.7. The standard InChI is InChI=1S/C45H38N2/c1-45(2)40-18-10-17-33(43(40)39-28-36-15-8-9-16-37(36)29-41(39)45)25-26-42(47-44(46)34-12-4-3-5-13-34)32-22-19-31(20-23-32)38-24-21-30-11-6-7-14-35(30)27-38/h3-29,42,44,47H,46H2,1-2H3/b26-25+. The molecular formula is C45H38N2. The fourth-order valence-electron chi connectivity index (χ4n) is 7.30. The van der Waals surface area contributed by atoms with Crippen molar-refractivity contribution in [2.24, 2.45) is 5.73 Å². The number of hydrogen-bond acceptors (Lipinski definition) is 2. The van der Waals surface area contributed by atoms with E-state index in [1.54, 1.807) is 0 Å². The molecule has 0 aliphatic heterocycles. The number of benzene rings is 7. The van der Waals surface area contributed by atoms with Crippen LogP contribution in [0, 0.1) is 0 Å². The summed E-state index contributed by atoms with van der Waals surface area (Å²) in [5.74, 6) is 0. The Morgan fingerprint density at radius 2 is 1.19 bits per heavy atom. The first-order valence-electron chi connectivity index (χ1n) is 16.5. The van der Waals surface area contributed by atoms with Crippen LogP contribution in [0.25, 0.3) is 49.9 Å². The first kappa shape index (κ1) is 29.1. The van der Waals surface area contributed by atoms with E-state index in [4.69, 9.17) is 5.73 Å². The molecule has 0 radical (unpaired) electrons. The zero-order chi connectivity index (χ0) is 32.0. The summed E-state index contributed by atoms with van der Waals surface area (Å²) in [6.45, 7) is 4.69. The van der Waals surface area contributed by atoms with Crippen molar-refractivity contribution >= 4 is 27.6 Å². The number of rotatable bonds is 7. The lowest BCUT2D eigenvalue weighted by molar-refractivity contribution is 0.509. The van der Waals surface area contributed by atoms with Gasteiger partial charge in [0.15, 0.2) is 0 Å². The van der Waals surface area contributed by atoms with Gasteiger partial charge in [0.2, 0.25) is 0 Å². The summed E-state index contributed by atoms with van der Waals surface area (Å²) in [5.41, 5.74) is 18.0. The topological polar surface area (TPSA) is 38.0 Å². The third kappa shape index (κ3) is 5.36. The van der Waals surface area contributed by atoms with Crippen molar-refractivity contribution in [3.63, 3.8) is 0 Å². The minimum atomic E-state index is -0.321. The van der Waals surface area contributed by atoms with E-state index in [1.165, 1.54) is 60.5 Å². The van der Waals surface area contributed by atoms with E-state index in [0.29, 0.717) is 0 Å². The highest BCUT2D eigenvalue weighted by Crippen LogP contribution is 2.51. The maximum atomic E-state index is 6.77. The van der Waals surface area contributed by atoms with Crippen molar-refractivity contribution in [3.05, 3.63) is 186 Å². The molecule has 0 amide bonds. The number of fused-ring (bicyclic) bond motifs is 5. The highest BCUT2D eigenvalue weighted by Gasteiger charge is 2.36. The van der Waals surface area contributed by atoms with Crippen LogP contribution in [0.4, 0.5) is 0 Å². The van der Waals surface area contributed by atoms with E-state index >= 15 is 0 Å². The molecule has 2 unspecified atom stereocenters. The highest BCUT2D eigenvalue weighted by atomic mass is 15.0. The average molecular weight is 607 g/mol. The number of hydrogen-bond donors (Lipinski definition) is 2. The fourth-order valence-corrected chi connectivity index (χ4v) is 7.30. The molecular weight excluding hydrogens is 569 g/mol. The summed E-state index contributed by atoms with van der Waals surface area (Å²) in [7, 11) is 0. The monoisotopic (exact) mass is 606 g/mol. The van der Waals surface area contributed by atoms with Crippen LogP contribution in [0.2, 0.25) is 0 Å². The van der Waals surface area contributed by atoms with Crippen molar-refractivity contribution in [1.29, 1.82) is 0 Å². The van der Waals surface area contributed by atoms with Gasteiger partial charge in [-0.2, -0.15) is 0 Å². The van der Waals surface area contributed by atoms with Gasteiger partial charge >= 0.3 is 0 Å². The number of nitrogens with two attached hydrogens (primary N) is 1. The van der Waals surface area contributed by atoms with Gasteiger partial charge < -0.3 is 5.73 Å². The van der Waals surface area contributed by atoms with Crippen molar-refractivity contribution in [2.75, 3.05) is 0 Å². The Balaban J connectivity index is 1.18. The molecule has 8 rings (SSSR count). The SMILES string of the molecule is CC1(C)c2cc3ccccc3cc2-c2c(/C=C/C(NC(N)c3ccccc3)c3ccc(-c4ccc5ccccc5c4)cc3)cccc21. The lowest BCUT2D eigenvalue weighted by atomic mass is 9.81. The summed E-state index contributed by atoms with van der Waals surface area (Å²) in [6.07, 6.45) is 4.24. The lowest BCUT2D eigenvalue weighted by Gasteiger charge is -2.22. The molecule has 0 bridgehead atoms. The molecule has 0 saturated heterocycles. The Labute approximate surface area is 277 Å². The Morgan fingerprint density at radius 3 is 1.94 bits per heavy atom. The van der Waals surface area contributed by atoms with Crippen molar-refractivity contribution in [1.82, 2.24) is 5.32 Å².